The van der Waals surface area contributed by atoms with Crippen LogP contribution < -0.4 is 5.32 Å². The zero-order chi connectivity index (χ0) is 13.2. The van der Waals surface area contributed by atoms with Crippen molar-refractivity contribution in [2.75, 3.05) is 5.32 Å². The van der Waals surface area contributed by atoms with Gasteiger partial charge in [-0.2, -0.15) is 0 Å². The number of nitrogens with zero attached hydrogens (tertiary/aromatic N) is 1. The highest BCUT2D eigenvalue weighted by atomic mass is 16.2. The fourth-order valence-electron chi connectivity index (χ4n) is 2.97. The van der Waals surface area contributed by atoms with Gasteiger partial charge in [-0.25, -0.2) is 4.98 Å². The maximum Gasteiger partial charge on any atom is 0.234 e. The van der Waals surface area contributed by atoms with Crippen LogP contribution in [0.15, 0.2) is 12.1 Å². The van der Waals surface area contributed by atoms with Crippen LogP contribution >= 0.6 is 0 Å². The average Bonchev–Trinajstić information content (AvgIpc) is 2.75. The summed E-state index contributed by atoms with van der Waals surface area (Å²) in [6.45, 7) is 3.92. The SMILES string of the molecule is CC1(C)C(=O)Nc2cc3[nH]c(C4CCC4)nc3cc21. The minimum Gasteiger partial charge on any atom is -0.342 e. The van der Waals surface area contributed by atoms with Gasteiger partial charge in [0.25, 0.3) is 0 Å². The number of aromatic nitrogens is 2. The van der Waals surface area contributed by atoms with Crippen LogP contribution in [0, 0.1) is 0 Å². The molecule has 1 aliphatic carbocycles. The Morgan fingerprint density at radius 1 is 1.32 bits per heavy atom. The van der Waals surface area contributed by atoms with E-state index in [0.717, 1.165) is 28.1 Å². The van der Waals surface area contributed by atoms with Crippen LogP contribution in [0.25, 0.3) is 11.0 Å². The van der Waals surface area contributed by atoms with Crippen LogP contribution in [0.5, 0.6) is 0 Å². The van der Waals surface area contributed by atoms with Crippen molar-refractivity contribution in [1.29, 1.82) is 0 Å². The van der Waals surface area contributed by atoms with Gasteiger partial charge in [0.2, 0.25) is 5.91 Å². The maximum atomic E-state index is 11.9. The molecule has 0 saturated heterocycles. The number of carbonyl (C=O) groups excluding carboxylic acids is 1. The molecule has 4 heteroatoms. The molecular formula is C15H17N3O. The summed E-state index contributed by atoms with van der Waals surface area (Å²) in [6, 6.07) is 4.08. The predicted octanol–water partition coefficient (Wildman–Crippen LogP) is 3.06. The molecule has 2 heterocycles. The lowest BCUT2D eigenvalue weighted by Crippen LogP contribution is -2.26. The molecule has 2 aliphatic rings. The quantitative estimate of drug-likeness (QED) is 0.822. The molecule has 4 nitrogen and oxygen atoms in total. The van der Waals surface area contributed by atoms with E-state index in [2.05, 4.69) is 16.4 Å². The molecule has 19 heavy (non-hydrogen) atoms. The number of nitrogens with one attached hydrogen (secondary N) is 2. The molecule has 1 amide bonds. The van der Waals surface area contributed by atoms with Crippen LogP contribution in [0.2, 0.25) is 0 Å². The summed E-state index contributed by atoms with van der Waals surface area (Å²) in [5.74, 6) is 1.77. The first-order valence-electron chi connectivity index (χ1n) is 6.91. The standard InChI is InChI=1S/C15H17N3O/c1-15(2)9-6-11-12(7-10(9)18-14(15)19)17-13(16-11)8-4-3-5-8/h6-8H,3-5H2,1-2H3,(H,16,17)(H,18,19). The van der Waals surface area contributed by atoms with Crippen molar-refractivity contribution in [2.45, 2.75) is 44.4 Å². The number of hydrogen-bond acceptors (Lipinski definition) is 2. The second-order valence-electron chi connectivity index (χ2n) is 6.24. The van der Waals surface area contributed by atoms with E-state index in [-0.39, 0.29) is 5.91 Å². The molecule has 2 N–H and O–H groups in total. The maximum absolute atomic E-state index is 11.9. The zero-order valence-corrected chi connectivity index (χ0v) is 11.2. The predicted molar refractivity (Wildman–Crippen MR) is 74.3 cm³/mol. The lowest BCUT2D eigenvalue weighted by molar-refractivity contribution is -0.119. The van der Waals surface area contributed by atoms with Crippen LogP contribution in [-0.4, -0.2) is 15.9 Å². The van der Waals surface area contributed by atoms with Gasteiger partial charge >= 0.3 is 0 Å². The van der Waals surface area contributed by atoms with E-state index < -0.39 is 5.41 Å². The van der Waals surface area contributed by atoms with Crippen molar-refractivity contribution in [3.63, 3.8) is 0 Å². The molecule has 1 aromatic carbocycles. The summed E-state index contributed by atoms with van der Waals surface area (Å²) in [6.07, 6.45) is 3.78. The van der Waals surface area contributed by atoms with Crippen LogP contribution in [0.3, 0.4) is 0 Å². The highest BCUT2D eigenvalue weighted by Crippen LogP contribution is 2.40. The van der Waals surface area contributed by atoms with E-state index in [0.29, 0.717) is 5.92 Å². The molecule has 0 spiro atoms. The molecule has 1 aromatic heterocycles. The molecule has 98 valence electrons. The number of imidazole rings is 1. The Labute approximate surface area is 111 Å². The van der Waals surface area contributed by atoms with Gasteiger partial charge < -0.3 is 10.3 Å². The van der Waals surface area contributed by atoms with Gasteiger partial charge in [-0.1, -0.05) is 6.42 Å². The first-order chi connectivity index (χ1) is 9.05. The fraction of sp³-hybridized carbons (Fsp3) is 0.467. The normalized spacial score (nSPS) is 21.3. The second kappa shape index (κ2) is 3.38. The summed E-state index contributed by atoms with van der Waals surface area (Å²) in [4.78, 5) is 20.1. The van der Waals surface area contributed by atoms with Crippen LogP contribution in [0.4, 0.5) is 5.69 Å². The van der Waals surface area contributed by atoms with E-state index in [9.17, 15) is 4.79 Å². The molecule has 2 aromatic rings. The molecule has 1 saturated carbocycles. The molecule has 0 atom stereocenters. The van der Waals surface area contributed by atoms with Crippen molar-refractivity contribution in [2.24, 2.45) is 0 Å². The molecule has 4 rings (SSSR count). The molecule has 0 radical (unpaired) electrons. The average molecular weight is 255 g/mol. The Morgan fingerprint density at radius 2 is 2.11 bits per heavy atom. The van der Waals surface area contributed by atoms with E-state index in [1.54, 1.807) is 0 Å². The number of hydrogen-bond donors (Lipinski definition) is 2. The first kappa shape index (κ1) is 11.0. The van der Waals surface area contributed by atoms with Crippen molar-refractivity contribution >= 4 is 22.6 Å². The van der Waals surface area contributed by atoms with E-state index >= 15 is 0 Å². The number of anilines is 1. The fourth-order valence-corrected chi connectivity index (χ4v) is 2.97. The van der Waals surface area contributed by atoms with Gasteiger partial charge in [-0.05, 0) is 44.4 Å². The van der Waals surface area contributed by atoms with Gasteiger partial charge in [0.05, 0.1) is 16.4 Å². The van der Waals surface area contributed by atoms with Crippen molar-refractivity contribution in [3.8, 4) is 0 Å². The van der Waals surface area contributed by atoms with Gasteiger partial charge in [0, 0.05) is 11.6 Å². The second-order valence-corrected chi connectivity index (χ2v) is 6.24. The Hall–Kier alpha value is -1.84. The molecule has 0 bridgehead atoms. The highest BCUT2D eigenvalue weighted by Gasteiger charge is 2.38. The van der Waals surface area contributed by atoms with Crippen molar-refractivity contribution in [3.05, 3.63) is 23.5 Å². The lowest BCUT2D eigenvalue weighted by Gasteiger charge is -2.22. The number of fused-ring (bicyclic) bond motifs is 2. The first-order valence-corrected chi connectivity index (χ1v) is 6.91. The monoisotopic (exact) mass is 255 g/mol. The number of rotatable bonds is 1. The summed E-state index contributed by atoms with van der Waals surface area (Å²) in [5.41, 5.74) is 3.52. The number of benzene rings is 1. The molecule has 1 aliphatic heterocycles. The smallest absolute Gasteiger partial charge is 0.234 e. The number of aromatic amines is 1. The minimum atomic E-state index is -0.459. The van der Waals surface area contributed by atoms with Gasteiger partial charge in [-0.3, -0.25) is 4.79 Å². The summed E-state index contributed by atoms with van der Waals surface area (Å²) < 4.78 is 0. The molecule has 1 fully saturated rings. The summed E-state index contributed by atoms with van der Waals surface area (Å²) in [5, 5.41) is 2.96. The Morgan fingerprint density at radius 3 is 2.79 bits per heavy atom. The molecule has 0 unspecified atom stereocenters. The van der Waals surface area contributed by atoms with Crippen molar-refractivity contribution < 1.29 is 4.79 Å². The summed E-state index contributed by atoms with van der Waals surface area (Å²) >= 11 is 0. The van der Waals surface area contributed by atoms with Gasteiger partial charge in [0.1, 0.15) is 5.82 Å². The third-order valence-corrected chi connectivity index (χ3v) is 4.62. The minimum absolute atomic E-state index is 0.0642. The molecular weight excluding hydrogens is 238 g/mol. The van der Waals surface area contributed by atoms with E-state index in [4.69, 9.17) is 4.98 Å². The number of H-pyrrole nitrogens is 1. The third kappa shape index (κ3) is 1.40. The van der Waals surface area contributed by atoms with Gasteiger partial charge in [0.15, 0.2) is 0 Å². The summed E-state index contributed by atoms with van der Waals surface area (Å²) in [7, 11) is 0. The van der Waals surface area contributed by atoms with Crippen LogP contribution in [-0.2, 0) is 10.2 Å². The number of carbonyl (C=O) groups is 1. The Bertz CT molecular complexity index is 695. The van der Waals surface area contributed by atoms with Crippen molar-refractivity contribution in [1.82, 2.24) is 9.97 Å². The van der Waals surface area contributed by atoms with E-state index in [1.165, 1.54) is 19.3 Å². The zero-order valence-electron chi connectivity index (χ0n) is 11.2. The number of amides is 1. The van der Waals surface area contributed by atoms with Gasteiger partial charge in [-0.15, -0.1) is 0 Å². The van der Waals surface area contributed by atoms with E-state index in [1.807, 2.05) is 19.9 Å². The topological polar surface area (TPSA) is 57.8 Å². The third-order valence-electron chi connectivity index (χ3n) is 4.62. The Kier molecular flexibility index (Phi) is 1.96. The Balaban J connectivity index is 1.87. The highest BCUT2D eigenvalue weighted by molar-refractivity contribution is 6.07. The van der Waals surface area contributed by atoms with Crippen LogP contribution in [0.1, 0.15) is 50.4 Å². The largest absolute Gasteiger partial charge is 0.342 e. The lowest BCUT2D eigenvalue weighted by atomic mass is 9.85.